The Balaban J connectivity index is 2.33. The molecule has 3 rings (SSSR count). The van der Waals surface area contributed by atoms with Gasteiger partial charge in [0.15, 0.2) is 5.52 Å². The van der Waals surface area contributed by atoms with Crippen molar-refractivity contribution in [2.45, 2.75) is 11.8 Å². The van der Waals surface area contributed by atoms with Gasteiger partial charge >= 0.3 is 5.69 Å². The normalized spacial score (nSPS) is 10.9. The van der Waals surface area contributed by atoms with Crippen LogP contribution >= 0.6 is 11.8 Å². The number of methoxy groups -OCH3 is 2. The van der Waals surface area contributed by atoms with Gasteiger partial charge in [0.1, 0.15) is 11.5 Å². The van der Waals surface area contributed by atoms with Crippen LogP contribution in [0, 0.1) is 6.92 Å². The second-order valence-corrected chi connectivity index (χ2v) is 6.21. The molecule has 130 valence electrons. The zero-order valence-corrected chi connectivity index (χ0v) is 15.0. The summed E-state index contributed by atoms with van der Waals surface area (Å²) < 4.78 is 10.9. The highest BCUT2D eigenvalue weighted by atomic mass is 32.2. The Morgan fingerprint density at radius 3 is 2.40 bits per heavy atom. The van der Waals surface area contributed by atoms with Crippen molar-refractivity contribution in [3.63, 3.8) is 0 Å². The Bertz CT molecular complexity index is 1070. The lowest BCUT2D eigenvalue weighted by Gasteiger charge is -2.14. The summed E-state index contributed by atoms with van der Waals surface area (Å²) in [4.78, 5) is 33.8. The van der Waals surface area contributed by atoms with Crippen molar-refractivity contribution in [1.29, 1.82) is 0 Å². The van der Waals surface area contributed by atoms with Gasteiger partial charge in [-0.15, -0.1) is 11.8 Å². The number of pyridine rings is 1. The molecule has 0 aliphatic heterocycles. The highest BCUT2D eigenvalue weighted by Crippen LogP contribution is 2.39. The Kier molecular flexibility index (Phi) is 4.54. The number of rotatable bonds is 4. The number of hydrogen-bond donors (Lipinski definition) is 2. The number of H-pyrrole nitrogens is 2. The highest BCUT2D eigenvalue weighted by molar-refractivity contribution is 7.98. The molecule has 3 aromatic rings. The fourth-order valence-corrected chi connectivity index (χ4v) is 3.24. The molecule has 0 aliphatic carbocycles. The molecule has 0 fully saturated rings. The first kappa shape index (κ1) is 17.1. The number of ether oxygens (including phenoxy) is 2. The molecule has 2 N–H and O–H groups in total. The molecule has 2 aromatic heterocycles. The summed E-state index contributed by atoms with van der Waals surface area (Å²) in [6.45, 7) is 1.81. The molecule has 0 bridgehead atoms. The highest BCUT2D eigenvalue weighted by Gasteiger charge is 2.16. The van der Waals surface area contributed by atoms with Crippen LogP contribution in [0.3, 0.4) is 0 Å². The first-order valence-electron chi connectivity index (χ1n) is 7.42. The molecule has 2 heterocycles. The van der Waals surface area contributed by atoms with Gasteiger partial charge in [-0.3, -0.25) is 9.78 Å². The van der Waals surface area contributed by atoms with Crippen LogP contribution < -0.4 is 20.7 Å². The number of aryl methyl sites for hydroxylation is 1. The van der Waals surface area contributed by atoms with E-state index in [1.807, 2.05) is 25.3 Å². The van der Waals surface area contributed by atoms with Gasteiger partial charge in [0.2, 0.25) is 0 Å². The van der Waals surface area contributed by atoms with Crippen LogP contribution in [0.1, 0.15) is 5.56 Å². The third kappa shape index (κ3) is 3.00. The lowest BCUT2D eigenvalue weighted by atomic mass is 10.1. The van der Waals surface area contributed by atoms with Gasteiger partial charge in [-0.1, -0.05) is 0 Å². The lowest BCUT2D eigenvalue weighted by Crippen LogP contribution is -2.23. The third-order valence-corrected chi connectivity index (χ3v) is 4.64. The second kappa shape index (κ2) is 6.64. The fourth-order valence-electron chi connectivity index (χ4n) is 2.67. The van der Waals surface area contributed by atoms with Gasteiger partial charge in [0, 0.05) is 5.56 Å². The molecule has 0 amide bonds. The number of aromatic amines is 2. The molecule has 1 aromatic carbocycles. The Labute approximate surface area is 147 Å². The van der Waals surface area contributed by atoms with Crippen molar-refractivity contribution in [1.82, 2.24) is 15.0 Å². The van der Waals surface area contributed by atoms with E-state index in [1.54, 1.807) is 32.0 Å². The van der Waals surface area contributed by atoms with Crippen LogP contribution in [-0.4, -0.2) is 35.4 Å². The molecule has 0 aliphatic rings. The average molecular weight is 359 g/mol. The minimum atomic E-state index is -0.557. The largest absolute Gasteiger partial charge is 0.496 e. The molecule has 0 saturated carbocycles. The zero-order valence-electron chi connectivity index (χ0n) is 14.2. The molecular weight excluding hydrogens is 342 g/mol. The molecule has 0 saturated heterocycles. The maximum atomic E-state index is 12.1. The van der Waals surface area contributed by atoms with Gasteiger partial charge in [0.25, 0.3) is 5.56 Å². The topological polar surface area (TPSA) is 97.1 Å². The van der Waals surface area contributed by atoms with Gasteiger partial charge in [0.05, 0.1) is 30.3 Å². The summed E-state index contributed by atoms with van der Waals surface area (Å²) in [5.41, 5.74) is 1.50. The minimum Gasteiger partial charge on any atom is -0.496 e. The summed E-state index contributed by atoms with van der Waals surface area (Å²) in [5.74, 6) is 1.32. The van der Waals surface area contributed by atoms with Gasteiger partial charge in [-0.25, -0.2) is 9.78 Å². The monoisotopic (exact) mass is 359 g/mol. The Morgan fingerprint density at radius 2 is 1.76 bits per heavy atom. The number of nitrogens with zero attached hydrogens (tertiary/aromatic N) is 1. The summed E-state index contributed by atoms with van der Waals surface area (Å²) in [6, 6.07) is 5.50. The van der Waals surface area contributed by atoms with Crippen molar-refractivity contribution in [2.24, 2.45) is 0 Å². The van der Waals surface area contributed by atoms with Crippen LogP contribution in [0.25, 0.3) is 22.3 Å². The number of thioether (sulfide) groups is 1. The Hall–Kier alpha value is -2.74. The van der Waals surface area contributed by atoms with E-state index in [0.29, 0.717) is 28.3 Å². The summed E-state index contributed by atoms with van der Waals surface area (Å²) in [5, 5.41) is 0. The molecule has 0 spiro atoms. The van der Waals surface area contributed by atoms with Crippen LogP contribution in [-0.2, 0) is 0 Å². The van der Waals surface area contributed by atoms with Crippen LogP contribution in [0.4, 0.5) is 0 Å². The van der Waals surface area contributed by atoms with E-state index in [0.717, 1.165) is 10.5 Å². The number of fused-ring (bicyclic) bond motifs is 1. The molecule has 0 atom stereocenters. The quantitative estimate of drug-likeness (QED) is 0.694. The predicted octanol–water partition coefficient (Wildman–Crippen LogP) is 2.33. The van der Waals surface area contributed by atoms with Crippen molar-refractivity contribution in [3.05, 3.63) is 44.6 Å². The number of nitrogens with one attached hydrogen (secondary N) is 2. The lowest BCUT2D eigenvalue weighted by molar-refractivity contribution is 0.395. The predicted molar refractivity (Wildman–Crippen MR) is 98.0 cm³/mol. The SMILES string of the molecule is COc1cc(-c2cc(C)c3[nH]c(=O)[nH]c(=O)c3n2)c(OC)cc1SC. The molecule has 0 radical (unpaired) electrons. The average Bonchev–Trinajstić information content (AvgIpc) is 2.61. The Morgan fingerprint density at radius 1 is 1.04 bits per heavy atom. The summed E-state index contributed by atoms with van der Waals surface area (Å²) in [6.07, 6.45) is 1.95. The number of aromatic nitrogens is 3. The number of hydrogen-bond acceptors (Lipinski definition) is 6. The summed E-state index contributed by atoms with van der Waals surface area (Å²) >= 11 is 1.54. The van der Waals surface area contributed by atoms with Crippen LogP contribution in [0.15, 0.2) is 32.7 Å². The first-order valence-corrected chi connectivity index (χ1v) is 8.65. The van der Waals surface area contributed by atoms with Crippen LogP contribution in [0.5, 0.6) is 11.5 Å². The van der Waals surface area contributed by atoms with Gasteiger partial charge in [-0.05, 0) is 36.9 Å². The van der Waals surface area contributed by atoms with Crippen LogP contribution in [0.2, 0.25) is 0 Å². The molecular formula is C17H17N3O4S. The van der Waals surface area contributed by atoms with E-state index in [4.69, 9.17) is 9.47 Å². The van der Waals surface area contributed by atoms with E-state index < -0.39 is 11.2 Å². The van der Waals surface area contributed by atoms with Crippen molar-refractivity contribution in [2.75, 3.05) is 20.5 Å². The maximum absolute atomic E-state index is 12.1. The smallest absolute Gasteiger partial charge is 0.326 e. The minimum absolute atomic E-state index is 0.171. The maximum Gasteiger partial charge on any atom is 0.326 e. The molecule has 25 heavy (non-hydrogen) atoms. The summed E-state index contributed by atoms with van der Waals surface area (Å²) in [7, 11) is 3.17. The van der Waals surface area contributed by atoms with E-state index >= 15 is 0 Å². The standard InChI is InChI=1S/C17H17N3O4S/c1-8-5-10(18-15-14(8)19-17(22)20-16(15)21)9-6-12(24-3)13(25-4)7-11(9)23-2/h5-7H,1-4H3,(H2,19,20,21,22). The fraction of sp³-hybridized carbons (Fsp3) is 0.235. The molecule has 7 nitrogen and oxygen atoms in total. The second-order valence-electron chi connectivity index (χ2n) is 5.36. The van der Waals surface area contributed by atoms with Crippen molar-refractivity contribution in [3.8, 4) is 22.8 Å². The van der Waals surface area contributed by atoms with Gasteiger partial charge < -0.3 is 14.5 Å². The van der Waals surface area contributed by atoms with Crippen molar-refractivity contribution < 1.29 is 9.47 Å². The van der Waals surface area contributed by atoms with E-state index in [1.165, 1.54) is 0 Å². The van der Waals surface area contributed by atoms with E-state index in [9.17, 15) is 9.59 Å². The first-order chi connectivity index (χ1) is 12.0. The third-order valence-electron chi connectivity index (χ3n) is 3.88. The van der Waals surface area contributed by atoms with Gasteiger partial charge in [-0.2, -0.15) is 0 Å². The van der Waals surface area contributed by atoms with Crippen molar-refractivity contribution >= 4 is 22.8 Å². The molecule has 0 unspecified atom stereocenters. The number of benzene rings is 1. The van der Waals surface area contributed by atoms with E-state index in [2.05, 4.69) is 15.0 Å². The molecule has 8 heteroatoms. The van der Waals surface area contributed by atoms with E-state index in [-0.39, 0.29) is 5.52 Å². The zero-order chi connectivity index (χ0) is 18.1.